The molecule has 0 unspecified atom stereocenters. The van der Waals surface area contributed by atoms with E-state index in [4.69, 9.17) is 0 Å². The Kier molecular flexibility index (Phi) is 4.75. The molecule has 1 aromatic carbocycles. The molecule has 126 valence electrons. The zero-order valence-electron chi connectivity index (χ0n) is 13.7. The van der Waals surface area contributed by atoms with Gasteiger partial charge >= 0.3 is 11.8 Å². The quantitative estimate of drug-likeness (QED) is 0.835. The molecule has 2 amide bonds. The monoisotopic (exact) mass is 345 g/mol. The first-order valence-corrected chi connectivity index (χ1v) is 8.61. The van der Waals surface area contributed by atoms with Crippen LogP contribution in [0.25, 0.3) is 0 Å². The Balaban J connectivity index is 1.71. The van der Waals surface area contributed by atoms with E-state index in [-0.39, 0.29) is 0 Å². The Morgan fingerprint density at radius 2 is 2.04 bits per heavy atom. The van der Waals surface area contributed by atoms with Crippen molar-refractivity contribution in [3.8, 4) is 0 Å². The lowest BCUT2D eigenvalue weighted by molar-refractivity contribution is -0.143. The fourth-order valence-electron chi connectivity index (χ4n) is 2.61. The number of benzene rings is 1. The highest BCUT2D eigenvalue weighted by atomic mass is 32.1. The molecule has 1 aliphatic heterocycles. The average molecular weight is 345 g/mol. The van der Waals surface area contributed by atoms with Gasteiger partial charge in [0.05, 0.1) is 0 Å². The summed E-state index contributed by atoms with van der Waals surface area (Å²) in [4.78, 5) is 28.4. The summed E-state index contributed by atoms with van der Waals surface area (Å²) >= 11 is 1.29. The Morgan fingerprint density at radius 3 is 2.79 bits per heavy atom. The zero-order chi connectivity index (χ0) is 17.1. The number of amides is 2. The van der Waals surface area contributed by atoms with Crippen molar-refractivity contribution in [2.75, 3.05) is 30.4 Å². The van der Waals surface area contributed by atoms with Crippen LogP contribution in [-0.2, 0) is 22.6 Å². The lowest BCUT2D eigenvalue weighted by Crippen LogP contribution is -2.41. The van der Waals surface area contributed by atoms with Crippen LogP contribution in [0.1, 0.15) is 17.5 Å². The van der Waals surface area contributed by atoms with Gasteiger partial charge in [-0.1, -0.05) is 36.5 Å². The summed E-state index contributed by atoms with van der Waals surface area (Å²) in [7, 11) is 1.99. The molecule has 2 aromatic rings. The summed E-state index contributed by atoms with van der Waals surface area (Å²) in [6.07, 6.45) is 0.747. The summed E-state index contributed by atoms with van der Waals surface area (Å²) in [5.74, 6) is -1.22. The molecule has 0 radical (unpaired) electrons. The van der Waals surface area contributed by atoms with Gasteiger partial charge in [0, 0.05) is 32.4 Å². The number of para-hydroxylation sites is 1. The van der Waals surface area contributed by atoms with Gasteiger partial charge in [-0.25, -0.2) is 0 Å². The maximum Gasteiger partial charge on any atom is 0.315 e. The predicted molar refractivity (Wildman–Crippen MR) is 93.0 cm³/mol. The number of nitrogens with one attached hydrogen (secondary N) is 1. The summed E-state index contributed by atoms with van der Waals surface area (Å²) in [5.41, 5.74) is 2.12. The van der Waals surface area contributed by atoms with Crippen LogP contribution in [0.3, 0.4) is 0 Å². The molecule has 0 spiro atoms. The molecule has 24 heavy (non-hydrogen) atoms. The number of fused-ring (bicyclic) bond motifs is 1. The molecule has 0 atom stereocenters. The van der Waals surface area contributed by atoms with Crippen molar-refractivity contribution in [3.63, 3.8) is 0 Å². The Morgan fingerprint density at radius 1 is 1.25 bits per heavy atom. The van der Waals surface area contributed by atoms with E-state index in [2.05, 4.69) is 20.4 Å². The highest BCUT2D eigenvalue weighted by Crippen LogP contribution is 2.24. The van der Waals surface area contributed by atoms with Crippen LogP contribution in [0.4, 0.5) is 10.8 Å². The molecule has 0 saturated carbocycles. The third kappa shape index (κ3) is 3.38. The van der Waals surface area contributed by atoms with Gasteiger partial charge in [0.15, 0.2) is 0 Å². The molecule has 0 aliphatic carbocycles. The minimum Gasteiger partial charge on any atom is -0.373 e. The van der Waals surface area contributed by atoms with Crippen LogP contribution in [0.15, 0.2) is 24.3 Å². The van der Waals surface area contributed by atoms with Gasteiger partial charge in [-0.3, -0.25) is 14.9 Å². The zero-order valence-corrected chi connectivity index (χ0v) is 14.5. The van der Waals surface area contributed by atoms with Crippen molar-refractivity contribution in [1.82, 2.24) is 15.1 Å². The predicted octanol–water partition coefficient (Wildman–Crippen LogP) is 1.52. The molecule has 1 aromatic heterocycles. The summed E-state index contributed by atoms with van der Waals surface area (Å²) in [6, 6.07) is 7.92. The van der Waals surface area contributed by atoms with E-state index >= 15 is 0 Å². The number of carbonyl (C=O) groups excluding carboxylic acids is 2. The summed E-state index contributed by atoms with van der Waals surface area (Å²) in [5, 5.41) is 11.5. The molecule has 8 heteroatoms. The first kappa shape index (κ1) is 16.4. The minimum atomic E-state index is -0.671. The fraction of sp³-hybridized carbons (Fsp3) is 0.375. The van der Waals surface area contributed by atoms with Gasteiger partial charge in [-0.05, 0) is 18.1 Å². The Hall–Kier alpha value is -2.48. The van der Waals surface area contributed by atoms with Gasteiger partial charge in [-0.2, -0.15) is 0 Å². The number of carbonyl (C=O) groups is 2. The average Bonchev–Trinajstić information content (AvgIpc) is 2.98. The Bertz CT molecular complexity index is 760. The largest absolute Gasteiger partial charge is 0.373 e. The molecular formula is C16H19N5O2S. The number of hydrogen-bond acceptors (Lipinski definition) is 6. The number of anilines is 2. The standard InChI is InChI=1S/C16H19N5O2S/c1-3-13-18-19-16(24-13)17-14(22)15(23)21-9-8-20(2)12-7-5-4-6-11(12)10-21/h4-7H,3,8-10H2,1-2H3,(H,17,19,22). The first-order valence-electron chi connectivity index (χ1n) is 7.80. The number of hydrogen-bond donors (Lipinski definition) is 1. The van der Waals surface area contributed by atoms with Crippen LogP contribution < -0.4 is 10.2 Å². The van der Waals surface area contributed by atoms with Crippen LogP contribution in [0.5, 0.6) is 0 Å². The van der Waals surface area contributed by atoms with Crippen molar-refractivity contribution in [2.45, 2.75) is 19.9 Å². The number of nitrogens with zero attached hydrogens (tertiary/aromatic N) is 4. The maximum absolute atomic E-state index is 12.5. The normalized spacial score (nSPS) is 14.1. The number of likely N-dealkylation sites (N-methyl/N-ethyl adjacent to an activating group) is 1. The number of rotatable bonds is 2. The maximum atomic E-state index is 12.5. The van der Waals surface area contributed by atoms with E-state index in [0.29, 0.717) is 24.8 Å². The van der Waals surface area contributed by atoms with Gasteiger partial charge < -0.3 is 9.80 Å². The van der Waals surface area contributed by atoms with E-state index in [0.717, 1.165) is 22.7 Å². The highest BCUT2D eigenvalue weighted by molar-refractivity contribution is 7.15. The molecule has 3 rings (SSSR count). The molecular weight excluding hydrogens is 326 g/mol. The van der Waals surface area contributed by atoms with Crippen LogP contribution in [0.2, 0.25) is 0 Å². The summed E-state index contributed by atoms with van der Waals surface area (Å²) in [6.45, 7) is 3.55. The van der Waals surface area contributed by atoms with Crippen LogP contribution in [-0.4, -0.2) is 47.0 Å². The number of aromatic nitrogens is 2. The molecule has 2 heterocycles. The second kappa shape index (κ2) is 6.96. The first-order chi connectivity index (χ1) is 11.6. The molecule has 0 bridgehead atoms. The number of aryl methyl sites for hydroxylation is 1. The summed E-state index contributed by atoms with van der Waals surface area (Å²) < 4.78 is 0. The van der Waals surface area contributed by atoms with E-state index in [1.807, 2.05) is 38.2 Å². The van der Waals surface area contributed by atoms with E-state index in [9.17, 15) is 9.59 Å². The smallest absolute Gasteiger partial charge is 0.315 e. The molecule has 0 saturated heterocycles. The molecule has 0 fully saturated rings. The SMILES string of the molecule is CCc1nnc(NC(=O)C(=O)N2CCN(C)c3ccccc3C2)s1. The third-order valence-corrected chi connectivity index (χ3v) is 4.92. The Labute approximate surface area is 144 Å². The molecule has 7 nitrogen and oxygen atoms in total. The van der Waals surface area contributed by atoms with Crippen LogP contribution in [0, 0.1) is 0 Å². The lowest BCUT2D eigenvalue weighted by atomic mass is 10.1. The van der Waals surface area contributed by atoms with E-state index in [1.54, 1.807) is 4.90 Å². The second-order valence-electron chi connectivity index (χ2n) is 5.59. The molecule has 1 aliphatic rings. The van der Waals surface area contributed by atoms with Crippen molar-refractivity contribution < 1.29 is 9.59 Å². The van der Waals surface area contributed by atoms with Crippen molar-refractivity contribution in [1.29, 1.82) is 0 Å². The third-order valence-electron chi connectivity index (χ3n) is 3.94. The lowest BCUT2D eigenvalue weighted by Gasteiger charge is -2.20. The minimum absolute atomic E-state index is 0.359. The van der Waals surface area contributed by atoms with Gasteiger partial charge in [0.25, 0.3) is 0 Å². The topological polar surface area (TPSA) is 78.4 Å². The van der Waals surface area contributed by atoms with Crippen LogP contribution >= 0.6 is 11.3 Å². The van der Waals surface area contributed by atoms with E-state index in [1.165, 1.54) is 11.3 Å². The fourth-order valence-corrected chi connectivity index (χ4v) is 3.28. The van der Waals surface area contributed by atoms with Gasteiger partial charge in [0.2, 0.25) is 5.13 Å². The molecule has 1 N–H and O–H groups in total. The highest BCUT2D eigenvalue weighted by Gasteiger charge is 2.26. The van der Waals surface area contributed by atoms with Crippen molar-refractivity contribution in [2.24, 2.45) is 0 Å². The van der Waals surface area contributed by atoms with E-state index < -0.39 is 11.8 Å². The van der Waals surface area contributed by atoms with Crippen molar-refractivity contribution >= 4 is 34.0 Å². The van der Waals surface area contributed by atoms with Gasteiger partial charge in [0.1, 0.15) is 5.01 Å². The van der Waals surface area contributed by atoms with Gasteiger partial charge in [-0.15, -0.1) is 10.2 Å². The second-order valence-corrected chi connectivity index (χ2v) is 6.65. The van der Waals surface area contributed by atoms with Crippen molar-refractivity contribution in [3.05, 3.63) is 34.8 Å².